The summed E-state index contributed by atoms with van der Waals surface area (Å²) < 4.78 is 0. The third-order valence-electron chi connectivity index (χ3n) is 3.24. The van der Waals surface area contributed by atoms with Crippen LogP contribution in [0, 0.1) is 0 Å². The van der Waals surface area contributed by atoms with Crippen LogP contribution in [0.15, 0.2) is 5.38 Å². The average molecular weight is 268 g/mol. The van der Waals surface area contributed by atoms with Gasteiger partial charge in [-0.15, -0.1) is 11.3 Å². The summed E-state index contributed by atoms with van der Waals surface area (Å²) in [5.41, 5.74) is 6.06. The van der Waals surface area contributed by atoms with Gasteiger partial charge in [0, 0.05) is 38.0 Å². The van der Waals surface area contributed by atoms with Gasteiger partial charge in [-0.1, -0.05) is 6.92 Å². The van der Waals surface area contributed by atoms with Gasteiger partial charge in [-0.25, -0.2) is 4.98 Å². The maximum absolute atomic E-state index is 12.2. The van der Waals surface area contributed by atoms with Gasteiger partial charge < -0.3 is 15.5 Å². The number of likely N-dealkylation sites (N-methyl/N-ethyl adjacent to an activating group) is 1. The van der Waals surface area contributed by atoms with Gasteiger partial charge in [0.1, 0.15) is 5.69 Å². The van der Waals surface area contributed by atoms with E-state index in [1.165, 1.54) is 11.3 Å². The minimum Gasteiger partial charge on any atom is -0.335 e. The number of carbonyl (C=O) groups excluding carboxylic acids is 1. The molecule has 0 aromatic carbocycles. The summed E-state index contributed by atoms with van der Waals surface area (Å²) in [6.45, 7) is 7.31. The quantitative estimate of drug-likeness (QED) is 0.860. The molecule has 0 spiro atoms. The molecule has 2 N–H and O–H groups in total. The van der Waals surface area contributed by atoms with Crippen LogP contribution in [0.25, 0.3) is 0 Å². The summed E-state index contributed by atoms with van der Waals surface area (Å²) in [5.74, 6) is 0.0604. The Bertz CT molecular complexity index is 399. The molecule has 0 radical (unpaired) electrons. The van der Waals surface area contributed by atoms with Gasteiger partial charge in [0.15, 0.2) is 0 Å². The van der Waals surface area contributed by atoms with Gasteiger partial charge in [0.25, 0.3) is 5.91 Å². The van der Waals surface area contributed by atoms with E-state index in [9.17, 15) is 4.79 Å². The molecule has 1 fully saturated rings. The van der Waals surface area contributed by atoms with Crippen molar-refractivity contribution in [2.45, 2.75) is 13.3 Å². The highest BCUT2D eigenvalue weighted by Crippen LogP contribution is 2.13. The predicted molar refractivity (Wildman–Crippen MR) is 72.9 cm³/mol. The lowest BCUT2D eigenvalue weighted by Crippen LogP contribution is -2.48. The Kier molecular flexibility index (Phi) is 4.68. The zero-order valence-corrected chi connectivity index (χ0v) is 11.6. The molecule has 0 bridgehead atoms. The van der Waals surface area contributed by atoms with Crippen LogP contribution in [0.5, 0.6) is 0 Å². The van der Waals surface area contributed by atoms with Crippen LogP contribution in [0.3, 0.4) is 0 Å². The number of rotatable bonds is 4. The van der Waals surface area contributed by atoms with Crippen LogP contribution >= 0.6 is 11.3 Å². The Balaban J connectivity index is 1.94. The highest BCUT2D eigenvalue weighted by Gasteiger charge is 2.22. The third-order valence-corrected chi connectivity index (χ3v) is 4.14. The molecule has 1 aromatic heterocycles. The first kappa shape index (κ1) is 13.5. The number of carbonyl (C=O) groups is 1. The molecule has 1 amide bonds. The fourth-order valence-electron chi connectivity index (χ4n) is 2.08. The van der Waals surface area contributed by atoms with E-state index < -0.39 is 0 Å². The van der Waals surface area contributed by atoms with E-state index >= 15 is 0 Å². The number of hydrogen-bond donors (Lipinski definition) is 1. The predicted octanol–water partition coefficient (Wildman–Crippen LogP) is 0.422. The van der Waals surface area contributed by atoms with Crippen molar-refractivity contribution in [1.29, 1.82) is 0 Å². The molecule has 2 rings (SSSR count). The van der Waals surface area contributed by atoms with E-state index in [4.69, 9.17) is 5.73 Å². The van der Waals surface area contributed by atoms with Crippen molar-refractivity contribution in [3.05, 3.63) is 16.1 Å². The van der Waals surface area contributed by atoms with Crippen molar-refractivity contribution >= 4 is 17.2 Å². The van der Waals surface area contributed by atoms with Crippen LogP contribution in [0.2, 0.25) is 0 Å². The molecule has 1 aromatic rings. The minimum atomic E-state index is 0.0604. The number of nitrogens with zero attached hydrogens (tertiary/aromatic N) is 3. The second-order valence-corrected chi connectivity index (χ2v) is 5.33. The molecular formula is C12H20N4OS. The molecule has 1 aliphatic heterocycles. The Labute approximate surface area is 112 Å². The molecule has 5 nitrogen and oxygen atoms in total. The van der Waals surface area contributed by atoms with Crippen LogP contribution in [0.1, 0.15) is 22.4 Å². The number of piperazine rings is 1. The number of amides is 1. The lowest BCUT2D eigenvalue weighted by Gasteiger charge is -2.33. The van der Waals surface area contributed by atoms with Crippen molar-refractivity contribution in [3.8, 4) is 0 Å². The molecule has 0 saturated carbocycles. The Morgan fingerprint density at radius 3 is 2.78 bits per heavy atom. The second kappa shape index (κ2) is 6.26. The standard InChI is InChI=1S/C12H20N4OS/c1-2-15-5-7-16(8-6-15)12(17)10-9-18-11(14-10)3-4-13/h9H,2-8,13H2,1H3. The maximum atomic E-state index is 12.2. The second-order valence-electron chi connectivity index (χ2n) is 4.39. The summed E-state index contributed by atoms with van der Waals surface area (Å²) in [6.07, 6.45) is 0.752. The van der Waals surface area contributed by atoms with Crippen LogP contribution in [-0.2, 0) is 6.42 Å². The van der Waals surface area contributed by atoms with Crippen molar-refractivity contribution in [1.82, 2.24) is 14.8 Å². The minimum absolute atomic E-state index is 0.0604. The largest absolute Gasteiger partial charge is 0.335 e. The summed E-state index contributed by atoms with van der Waals surface area (Å²) in [5, 5.41) is 2.80. The van der Waals surface area contributed by atoms with Crippen LogP contribution in [-0.4, -0.2) is 60.0 Å². The van der Waals surface area contributed by atoms with Crippen molar-refractivity contribution < 1.29 is 4.79 Å². The first-order chi connectivity index (χ1) is 8.74. The van der Waals surface area contributed by atoms with E-state index in [2.05, 4.69) is 16.8 Å². The van der Waals surface area contributed by atoms with Crippen LogP contribution < -0.4 is 5.73 Å². The average Bonchev–Trinajstić information content (AvgIpc) is 2.87. The van der Waals surface area contributed by atoms with Crippen molar-refractivity contribution in [2.75, 3.05) is 39.3 Å². The van der Waals surface area contributed by atoms with Crippen LogP contribution in [0.4, 0.5) is 0 Å². The van der Waals surface area contributed by atoms with Crippen molar-refractivity contribution in [3.63, 3.8) is 0 Å². The van der Waals surface area contributed by atoms with Gasteiger partial charge in [-0.05, 0) is 13.1 Å². The van der Waals surface area contributed by atoms with E-state index in [1.807, 2.05) is 10.3 Å². The van der Waals surface area contributed by atoms with Gasteiger partial charge >= 0.3 is 0 Å². The van der Waals surface area contributed by atoms with E-state index in [0.29, 0.717) is 12.2 Å². The monoisotopic (exact) mass is 268 g/mol. The molecule has 0 aliphatic carbocycles. The first-order valence-electron chi connectivity index (χ1n) is 6.40. The molecule has 0 atom stereocenters. The zero-order valence-electron chi connectivity index (χ0n) is 10.8. The number of nitrogens with two attached hydrogens (primary N) is 1. The summed E-state index contributed by atoms with van der Waals surface area (Å²) in [7, 11) is 0. The molecule has 0 unspecified atom stereocenters. The van der Waals surface area contributed by atoms with Gasteiger partial charge in [-0.3, -0.25) is 4.79 Å². The summed E-state index contributed by atoms with van der Waals surface area (Å²) in [6, 6.07) is 0. The topological polar surface area (TPSA) is 62.5 Å². The molecule has 1 aliphatic rings. The van der Waals surface area contributed by atoms with E-state index in [1.54, 1.807) is 0 Å². The molecule has 2 heterocycles. The van der Waals surface area contributed by atoms with Gasteiger partial charge in [-0.2, -0.15) is 0 Å². The zero-order chi connectivity index (χ0) is 13.0. The normalized spacial score (nSPS) is 17.1. The number of aromatic nitrogens is 1. The van der Waals surface area contributed by atoms with Crippen molar-refractivity contribution in [2.24, 2.45) is 5.73 Å². The number of thiazole rings is 1. The fourth-order valence-corrected chi connectivity index (χ4v) is 2.86. The first-order valence-corrected chi connectivity index (χ1v) is 7.28. The van der Waals surface area contributed by atoms with E-state index in [0.717, 1.165) is 44.2 Å². The Hall–Kier alpha value is -0.980. The SMILES string of the molecule is CCN1CCN(C(=O)c2csc(CCN)n2)CC1. The smallest absolute Gasteiger partial charge is 0.273 e. The number of hydrogen-bond acceptors (Lipinski definition) is 5. The molecule has 100 valence electrons. The van der Waals surface area contributed by atoms with E-state index in [-0.39, 0.29) is 5.91 Å². The lowest BCUT2D eigenvalue weighted by atomic mass is 10.3. The Morgan fingerprint density at radius 1 is 1.44 bits per heavy atom. The highest BCUT2D eigenvalue weighted by molar-refractivity contribution is 7.09. The molecule has 18 heavy (non-hydrogen) atoms. The summed E-state index contributed by atoms with van der Waals surface area (Å²) in [4.78, 5) is 20.8. The Morgan fingerprint density at radius 2 is 2.17 bits per heavy atom. The lowest BCUT2D eigenvalue weighted by molar-refractivity contribution is 0.0638. The highest BCUT2D eigenvalue weighted by atomic mass is 32.1. The molecule has 6 heteroatoms. The van der Waals surface area contributed by atoms with Gasteiger partial charge in [0.2, 0.25) is 0 Å². The third kappa shape index (κ3) is 3.07. The molecule has 1 saturated heterocycles. The van der Waals surface area contributed by atoms with Gasteiger partial charge in [0.05, 0.1) is 5.01 Å². The maximum Gasteiger partial charge on any atom is 0.273 e. The fraction of sp³-hybridized carbons (Fsp3) is 0.667. The summed E-state index contributed by atoms with van der Waals surface area (Å²) >= 11 is 1.52. The molecular weight excluding hydrogens is 248 g/mol.